The van der Waals surface area contributed by atoms with Crippen molar-refractivity contribution in [2.45, 2.75) is 18.0 Å². The van der Waals surface area contributed by atoms with Gasteiger partial charge in [0.05, 0.1) is 17.3 Å². The standard InChI is InChI=1S/C17H14Cl2N2O2S2/c18-14-4-5-16(19)17(9-14)25(22,23)21(10-13-6-8-24-12-13)11-15-3-1-2-7-20-15/h1-9,12H,10-11H2. The van der Waals surface area contributed by atoms with Crippen molar-refractivity contribution in [1.29, 1.82) is 0 Å². The minimum atomic E-state index is -3.85. The van der Waals surface area contributed by atoms with Crippen LogP contribution in [0, 0.1) is 0 Å². The van der Waals surface area contributed by atoms with Gasteiger partial charge in [0, 0.05) is 17.8 Å². The summed E-state index contributed by atoms with van der Waals surface area (Å²) >= 11 is 13.6. The molecule has 0 unspecified atom stereocenters. The minimum Gasteiger partial charge on any atom is -0.260 e. The first-order valence-electron chi connectivity index (χ1n) is 7.33. The number of rotatable bonds is 6. The summed E-state index contributed by atoms with van der Waals surface area (Å²) in [6, 6.07) is 11.7. The van der Waals surface area contributed by atoms with Gasteiger partial charge in [0.1, 0.15) is 4.90 Å². The molecule has 0 spiro atoms. The normalized spacial score (nSPS) is 11.8. The van der Waals surface area contributed by atoms with Gasteiger partial charge < -0.3 is 0 Å². The molecule has 0 amide bonds. The van der Waals surface area contributed by atoms with Crippen molar-refractivity contribution in [3.63, 3.8) is 0 Å². The zero-order valence-corrected chi connectivity index (χ0v) is 16.1. The Balaban J connectivity index is 2.01. The van der Waals surface area contributed by atoms with Crippen LogP contribution in [-0.2, 0) is 23.1 Å². The highest BCUT2D eigenvalue weighted by Gasteiger charge is 2.28. The van der Waals surface area contributed by atoms with Crippen LogP contribution < -0.4 is 0 Å². The lowest BCUT2D eigenvalue weighted by Gasteiger charge is -2.22. The van der Waals surface area contributed by atoms with Crippen LogP contribution in [0.4, 0.5) is 0 Å². The molecule has 0 atom stereocenters. The van der Waals surface area contributed by atoms with Crippen molar-refractivity contribution in [1.82, 2.24) is 9.29 Å². The highest BCUT2D eigenvalue weighted by molar-refractivity contribution is 7.89. The second kappa shape index (κ2) is 7.85. The molecular weight excluding hydrogens is 399 g/mol. The number of sulfonamides is 1. The van der Waals surface area contributed by atoms with Crippen LogP contribution in [0.1, 0.15) is 11.3 Å². The summed E-state index contributed by atoms with van der Waals surface area (Å²) in [6.45, 7) is 0.368. The van der Waals surface area contributed by atoms with Crippen LogP contribution in [0.5, 0.6) is 0 Å². The van der Waals surface area contributed by atoms with Crippen molar-refractivity contribution >= 4 is 44.6 Å². The van der Waals surface area contributed by atoms with Crippen LogP contribution in [0.25, 0.3) is 0 Å². The lowest BCUT2D eigenvalue weighted by atomic mass is 10.3. The van der Waals surface area contributed by atoms with Crippen LogP contribution in [-0.4, -0.2) is 17.7 Å². The number of benzene rings is 1. The second-order valence-corrected chi connectivity index (χ2v) is 8.83. The molecule has 1 aromatic carbocycles. The Morgan fingerprint density at radius 2 is 1.92 bits per heavy atom. The average Bonchev–Trinajstić information content (AvgIpc) is 3.10. The zero-order chi connectivity index (χ0) is 17.9. The van der Waals surface area contributed by atoms with Crippen molar-refractivity contribution in [3.05, 3.63) is 80.7 Å². The fraction of sp³-hybridized carbons (Fsp3) is 0.118. The van der Waals surface area contributed by atoms with Crippen LogP contribution in [0.2, 0.25) is 10.0 Å². The molecule has 0 aliphatic carbocycles. The minimum absolute atomic E-state index is 0.00664. The van der Waals surface area contributed by atoms with Gasteiger partial charge in [-0.2, -0.15) is 15.6 Å². The number of aromatic nitrogens is 1. The SMILES string of the molecule is O=S(=O)(c1cc(Cl)ccc1Cl)N(Cc1ccsc1)Cc1ccccn1. The van der Waals surface area contributed by atoms with E-state index in [0.717, 1.165) is 5.56 Å². The van der Waals surface area contributed by atoms with Gasteiger partial charge in [-0.1, -0.05) is 29.3 Å². The van der Waals surface area contributed by atoms with Crippen molar-refractivity contribution < 1.29 is 8.42 Å². The molecule has 8 heteroatoms. The molecule has 3 aromatic rings. The number of nitrogens with zero attached hydrogens (tertiary/aromatic N) is 2. The predicted molar refractivity (Wildman–Crippen MR) is 101 cm³/mol. The molecule has 0 saturated carbocycles. The largest absolute Gasteiger partial charge is 0.260 e. The van der Waals surface area contributed by atoms with Crippen molar-refractivity contribution in [2.24, 2.45) is 0 Å². The molecule has 0 fully saturated rings. The first-order chi connectivity index (χ1) is 12.0. The number of pyridine rings is 1. The average molecular weight is 413 g/mol. The highest BCUT2D eigenvalue weighted by atomic mass is 35.5. The molecule has 3 rings (SSSR count). The highest BCUT2D eigenvalue weighted by Crippen LogP contribution is 2.29. The van der Waals surface area contributed by atoms with Gasteiger partial charge >= 0.3 is 0 Å². The molecule has 0 aliphatic heterocycles. The predicted octanol–water partition coefficient (Wildman–Crippen LogP) is 4.84. The number of thiophene rings is 1. The maximum Gasteiger partial charge on any atom is 0.245 e. The number of halogens is 2. The quantitative estimate of drug-likeness (QED) is 0.581. The van der Waals surface area contributed by atoms with E-state index in [9.17, 15) is 8.42 Å². The van der Waals surface area contributed by atoms with E-state index in [2.05, 4.69) is 4.98 Å². The molecule has 2 aromatic heterocycles. The van der Waals surface area contributed by atoms with E-state index < -0.39 is 10.0 Å². The van der Waals surface area contributed by atoms with Crippen LogP contribution in [0.3, 0.4) is 0 Å². The maximum absolute atomic E-state index is 13.2. The summed E-state index contributed by atoms with van der Waals surface area (Å²) in [5.74, 6) is 0. The van der Waals surface area contributed by atoms with Gasteiger partial charge in [-0.15, -0.1) is 0 Å². The summed E-state index contributed by atoms with van der Waals surface area (Å²) in [6.07, 6.45) is 1.64. The van der Waals surface area contributed by atoms with Crippen molar-refractivity contribution in [3.8, 4) is 0 Å². The van der Waals surface area contributed by atoms with Crippen LogP contribution in [0.15, 0.2) is 64.3 Å². The Labute approximate surface area is 160 Å². The molecule has 25 heavy (non-hydrogen) atoms. The van der Waals surface area contributed by atoms with Gasteiger partial charge in [-0.05, 0) is 52.7 Å². The lowest BCUT2D eigenvalue weighted by molar-refractivity contribution is 0.397. The van der Waals surface area contributed by atoms with E-state index >= 15 is 0 Å². The molecule has 0 bridgehead atoms. The summed E-state index contributed by atoms with van der Waals surface area (Å²) in [7, 11) is -3.85. The van der Waals surface area contributed by atoms with Gasteiger partial charge in [0.15, 0.2) is 0 Å². The fourth-order valence-corrected chi connectivity index (χ4v) is 5.09. The smallest absolute Gasteiger partial charge is 0.245 e. The summed E-state index contributed by atoms with van der Waals surface area (Å²) in [5, 5.41) is 4.28. The molecule has 0 N–H and O–H groups in total. The van der Waals surface area contributed by atoms with E-state index in [1.54, 1.807) is 24.4 Å². The van der Waals surface area contributed by atoms with E-state index in [4.69, 9.17) is 23.2 Å². The molecule has 0 saturated heterocycles. The van der Waals surface area contributed by atoms with Crippen LogP contribution >= 0.6 is 34.5 Å². The first kappa shape index (κ1) is 18.4. The van der Waals surface area contributed by atoms with E-state index in [1.165, 1.54) is 27.8 Å². The molecule has 4 nitrogen and oxygen atoms in total. The molecule has 130 valence electrons. The Kier molecular flexibility index (Phi) is 5.76. The van der Waals surface area contributed by atoms with Gasteiger partial charge in [0.2, 0.25) is 10.0 Å². The fourth-order valence-electron chi connectivity index (χ4n) is 2.30. The summed E-state index contributed by atoms with van der Waals surface area (Å²) in [4.78, 5) is 4.23. The van der Waals surface area contributed by atoms with Gasteiger partial charge in [-0.25, -0.2) is 8.42 Å². The molecule has 0 aliphatic rings. The monoisotopic (exact) mass is 412 g/mol. The number of hydrogen-bond acceptors (Lipinski definition) is 4. The first-order valence-corrected chi connectivity index (χ1v) is 10.5. The third-order valence-corrected chi connectivity index (χ3v) is 6.76. The van der Waals surface area contributed by atoms with E-state index in [1.807, 2.05) is 22.9 Å². The summed E-state index contributed by atoms with van der Waals surface area (Å²) < 4.78 is 27.7. The third-order valence-electron chi connectivity index (χ3n) is 3.51. The Morgan fingerprint density at radius 1 is 1.08 bits per heavy atom. The lowest BCUT2D eigenvalue weighted by Crippen LogP contribution is -2.30. The van der Waals surface area contributed by atoms with Gasteiger partial charge in [-0.3, -0.25) is 4.98 Å². The van der Waals surface area contributed by atoms with Gasteiger partial charge in [0.25, 0.3) is 0 Å². The van der Waals surface area contributed by atoms with E-state index in [0.29, 0.717) is 10.7 Å². The second-order valence-electron chi connectivity index (χ2n) is 5.30. The zero-order valence-electron chi connectivity index (χ0n) is 13.0. The number of hydrogen-bond donors (Lipinski definition) is 0. The molecule has 2 heterocycles. The van der Waals surface area contributed by atoms with E-state index in [-0.39, 0.29) is 23.0 Å². The topological polar surface area (TPSA) is 50.3 Å². The maximum atomic E-state index is 13.2. The summed E-state index contributed by atoms with van der Waals surface area (Å²) in [5.41, 5.74) is 1.56. The molecular formula is C17H14Cl2N2O2S2. The third kappa shape index (κ3) is 4.40. The molecule has 0 radical (unpaired) electrons. The van der Waals surface area contributed by atoms with Crippen molar-refractivity contribution in [2.75, 3.05) is 0 Å². The Morgan fingerprint density at radius 3 is 2.60 bits per heavy atom. The Hall–Kier alpha value is -1.44. The Bertz CT molecular complexity index is 946.